The Morgan fingerprint density at radius 3 is 2.36 bits per heavy atom. The highest BCUT2D eigenvalue weighted by molar-refractivity contribution is 5.78. The fourth-order valence-corrected chi connectivity index (χ4v) is 3.19. The van der Waals surface area contributed by atoms with Gasteiger partial charge in [-0.25, -0.2) is 0 Å². The van der Waals surface area contributed by atoms with Crippen molar-refractivity contribution >= 4 is 5.97 Å². The minimum absolute atomic E-state index is 0.0437. The number of rotatable bonds is 5. The number of carbonyl (C=O) groups excluding carboxylic acids is 1. The maximum Gasteiger partial charge on any atom is 0.313 e. The summed E-state index contributed by atoms with van der Waals surface area (Å²) in [6.45, 7) is 6.43. The van der Waals surface area contributed by atoms with E-state index >= 15 is 0 Å². The number of hydrogen-bond donors (Lipinski definition) is 0. The molecule has 0 amide bonds. The lowest BCUT2D eigenvalue weighted by atomic mass is 9.85. The number of esters is 1. The molecule has 1 heterocycles. The van der Waals surface area contributed by atoms with Crippen molar-refractivity contribution in [3.8, 4) is 0 Å². The molecule has 0 saturated carbocycles. The van der Waals surface area contributed by atoms with Crippen LogP contribution in [0.4, 0.5) is 0 Å². The molecule has 0 spiro atoms. The zero-order chi connectivity index (χ0) is 16.2. The predicted molar refractivity (Wildman–Crippen MR) is 89.6 cm³/mol. The molecule has 1 aromatic carbocycles. The van der Waals surface area contributed by atoms with Gasteiger partial charge in [-0.2, -0.15) is 0 Å². The number of carbonyl (C=O) groups is 1. The van der Waals surface area contributed by atoms with E-state index in [2.05, 4.69) is 27.9 Å². The van der Waals surface area contributed by atoms with Crippen molar-refractivity contribution in [1.29, 1.82) is 0 Å². The van der Waals surface area contributed by atoms with Gasteiger partial charge in [0.2, 0.25) is 0 Å². The first-order valence-electron chi connectivity index (χ1n) is 8.50. The molecule has 122 valence electrons. The second kappa shape index (κ2) is 7.28. The van der Waals surface area contributed by atoms with Gasteiger partial charge in [-0.05, 0) is 11.5 Å². The van der Waals surface area contributed by atoms with Gasteiger partial charge in [0.15, 0.2) is 0 Å². The lowest BCUT2D eigenvalue weighted by molar-refractivity contribution is -0.896. The molecular weight excluding hydrogens is 274 g/mol. The zero-order valence-corrected chi connectivity index (χ0v) is 14.4. The van der Waals surface area contributed by atoms with Crippen LogP contribution in [-0.4, -0.2) is 43.7 Å². The largest absolute Gasteiger partial charge is 0.461 e. The quantitative estimate of drug-likeness (QED) is 0.614. The van der Waals surface area contributed by atoms with Gasteiger partial charge in [0.05, 0.1) is 33.1 Å². The van der Waals surface area contributed by atoms with Crippen LogP contribution in [0.15, 0.2) is 30.3 Å². The van der Waals surface area contributed by atoms with Crippen LogP contribution in [0.2, 0.25) is 0 Å². The van der Waals surface area contributed by atoms with Gasteiger partial charge in [0.1, 0.15) is 6.10 Å². The summed E-state index contributed by atoms with van der Waals surface area (Å²) in [6.07, 6.45) is 3.01. The van der Waals surface area contributed by atoms with Crippen LogP contribution in [0.3, 0.4) is 0 Å². The third-order valence-corrected chi connectivity index (χ3v) is 5.02. The molecule has 1 aliphatic rings. The Kier molecular flexibility index (Phi) is 5.63. The molecule has 3 heteroatoms. The lowest BCUT2D eigenvalue weighted by Crippen LogP contribution is -2.48. The van der Waals surface area contributed by atoms with Crippen LogP contribution in [0.1, 0.15) is 44.6 Å². The third kappa shape index (κ3) is 4.33. The molecule has 1 aliphatic heterocycles. The van der Waals surface area contributed by atoms with Crippen molar-refractivity contribution in [2.45, 2.75) is 45.1 Å². The average molecular weight is 304 g/mol. The molecule has 2 rings (SSSR count). The Hall–Kier alpha value is -1.35. The normalized spacial score (nSPS) is 21.1. The highest BCUT2D eigenvalue weighted by Gasteiger charge is 2.33. The van der Waals surface area contributed by atoms with Crippen molar-refractivity contribution in [3.63, 3.8) is 0 Å². The monoisotopic (exact) mass is 304 g/mol. The summed E-state index contributed by atoms with van der Waals surface area (Å²) >= 11 is 0. The maximum absolute atomic E-state index is 12.7. The second-order valence-corrected chi connectivity index (χ2v) is 7.29. The first-order valence-corrected chi connectivity index (χ1v) is 8.50. The SMILES string of the molecule is CC[C@@H](C)[C@@H](C(=O)OC1CC[N+](C)(C)CC1)c1ccccc1. The number of benzene rings is 1. The number of likely N-dealkylation sites (tertiary alicyclic amines) is 1. The van der Waals surface area contributed by atoms with Crippen molar-refractivity contribution in [1.82, 2.24) is 0 Å². The number of quaternary nitrogens is 1. The molecule has 3 nitrogen and oxygen atoms in total. The van der Waals surface area contributed by atoms with E-state index in [1.54, 1.807) is 0 Å². The molecule has 0 unspecified atom stereocenters. The minimum atomic E-state index is -0.143. The lowest BCUT2D eigenvalue weighted by Gasteiger charge is -2.37. The van der Waals surface area contributed by atoms with E-state index in [9.17, 15) is 4.79 Å². The average Bonchev–Trinajstić information content (AvgIpc) is 2.50. The van der Waals surface area contributed by atoms with Crippen LogP contribution in [0.25, 0.3) is 0 Å². The number of ether oxygens (including phenoxy) is 1. The van der Waals surface area contributed by atoms with Crippen LogP contribution in [0, 0.1) is 5.92 Å². The van der Waals surface area contributed by atoms with Crippen molar-refractivity contribution in [2.24, 2.45) is 5.92 Å². The molecule has 22 heavy (non-hydrogen) atoms. The fourth-order valence-electron chi connectivity index (χ4n) is 3.19. The first kappa shape index (κ1) is 17.0. The summed E-state index contributed by atoms with van der Waals surface area (Å²) < 4.78 is 6.90. The van der Waals surface area contributed by atoms with Crippen LogP contribution < -0.4 is 0 Å². The van der Waals surface area contributed by atoms with Gasteiger partial charge in [-0.3, -0.25) is 4.79 Å². The van der Waals surface area contributed by atoms with E-state index in [0.717, 1.165) is 42.4 Å². The molecule has 0 radical (unpaired) electrons. The van der Waals surface area contributed by atoms with Crippen molar-refractivity contribution in [3.05, 3.63) is 35.9 Å². The minimum Gasteiger partial charge on any atom is -0.461 e. The molecule has 1 fully saturated rings. The van der Waals surface area contributed by atoms with Crippen molar-refractivity contribution in [2.75, 3.05) is 27.2 Å². The number of nitrogens with zero attached hydrogens (tertiary/aromatic N) is 1. The Labute approximate surface area is 134 Å². The maximum atomic E-state index is 12.7. The molecule has 1 saturated heterocycles. The predicted octanol–water partition coefficient (Wildman–Crippen LogP) is 3.60. The summed E-state index contributed by atoms with van der Waals surface area (Å²) in [5.74, 6) is 0.110. The summed E-state index contributed by atoms with van der Waals surface area (Å²) in [5.41, 5.74) is 1.08. The topological polar surface area (TPSA) is 26.3 Å². The first-order chi connectivity index (χ1) is 10.4. The number of hydrogen-bond acceptors (Lipinski definition) is 2. The Balaban J connectivity index is 2.04. The molecular formula is C19H30NO2+. The molecule has 0 N–H and O–H groups in total. The standard InChI is InChI=1S/C19H30NO2/c1-5-15(2)18(16-9-7-6-8-10-16)19(21)22-17-11-13-20(3,4)14-12-17/h6-10,15,17-18H,5,11-14H2,1-4H3/q+1/t15-,18-/m1/s1. The van der Waals surface area contributed by atoms with E-state index in [-0.39, 0.29) is 18.0 Å². The summed E-state index contributed by atoms with van der Waals surface area (Å²) in [4.78, 5) is 12.7. The fraction of sp³-hybridized carbons (Fsp3) is 0.632. The highest BCUT2D eigenvalue weighted by atomic mass is 16.5. The van der Waals surface area contributed by atoms with Gasteiger partial charge in [0.25, 0.3) is 0 Å². The van der Waals surface area contributed by atoms with Crippen molar-refractivity contribution < 1.29 is 14.0 Å². The summed E-state index contributed by atoms with van der Waals surface area (Å²) in [7, 11) is 4.48. The Morgan fingerprint density at radius 1 is 1.23 bits per heavy atom. The smallest absolute Gasteiger partial charge is 0.313 e. The zero-order valence-electron chi connectivity index (χ0n) is 14.4. The third-order valence-electron chi connectivity index (χ3n) is 5.02. The summed E-state index contributed by atoms with van der Waals surface area (Å²) in [6, 6.07) is 10.1. The molecule has 1 aromatic rings. The van der Waals surface area contributed by atoms with E-state index in [0.29, 0.717) is 5.92 Å². The Bertz CT molecular complexity index is 473. The van der Waals surface area contributed by atoms with Crippen LogP contribution >= 0.6 is 0 Å². The van der Waals surface area contributed by atoms with Crippen LogP contribution in [-0.2, 0) is 9.53 Å². The van der Waals surface area contributed by atoms with E-state index in [4.69, 9.17) is 4.74 Å². The van der Waals surface area contributed by atoms with E-state index in [1.807, 2.05) is 30.3 Å². The summed E-state index contributed by atoms with van der Waals surface area (Å²) in [5, 5.41) is 0. The second-order valence-electron chi connectivity index (χ2n) is 7.29. The van der Waals surface area contributed by atoms with Crippen LogP contribution in [0.5, 0.6) is 0 Å². The van der Waals surface area contributed by atoms with Gasteiger partial charge in [0, 0.05) is 12.8 Å². The molecule has 0 aromatic heterocycles. The van der Waals surface area contributed by atoms with Gasteiger partial charge in [-0.1, -0.05) is 50.6 Å². The van der Waals surface area contributed by atoms with Gasteiger partial charge < -0.3 is 9.22 Å². The highest BCUT2D eigenvalue weighted by Crippen LogP contribution is 2.30. The molecule has 0 aliphatic carbocycles. The number of piperidine rings is 1. The van der Waals surface area contributed by atoms with Gasteiger partial charge in [-0.15, -0.1) is 0 Å². The Morgan fingerprint density at radius 2 is 1.82 bits per heavy atom. The molecule has 2 atom stereocenters. The van der Waals surface area contributed by atoms with Gasteiger partial charge >= 0.3 is 5.97 Å². The molecule has 0 bridgehead atoms. The van der Waals surface area contributed by atoms with E-state index in [1.165, 1.54) is 0 Å². The van der Waals surface area contributed by atoms with E-state index < -0.39 is 0 Å².